The molecule has 122 valence electrons. The summed E-state index contributed by atoms with van der Waals surface area (Å²) >= 11 is 1.53. The van der Waals surface area contributed by atoms with Crippen molar-refractivity contribution in [3.8, 4) is 6.07 Å². The summed E-state index contributed by atoms with van der Waals surface area (Å²) in [7, 11) is 1.67. The second-order valence-electron chi connectivity index (χ2n) is 5.23. The summed E-state index contributed by atoms with van der Waals surface area (Å²) in [5.74, 6) is 0.159. The van der Waals surface area contributed by atoms with E-state index in [0.29, 0.717) is 24.5 Å². The van der Waals surface area contributed by atoms with E-state index in [1.54, 1.807) is 13.2 Å². The molecule has 2 aromatic carbocycles. The maximum absolute atomic E-state index is 13.3. The van der Waals surface area contributed by atoms with Gasteiger partial charge in [-0.3, -0.25) is 0 Å². The lowest BCUT2D eigenvalue weighted by atomic mass is 10.1. The van der Waals surface area contributed by atoms with E-state index in [1.807, 2.05) is 30.3 Å². The van der Waals surface area contributed by atoms with Crippen molar-refractivity contribution in [1.82, 2.24) is 9.55 Å². The molecule has 0 amide bonds. The standard InChI is InChI=1S/C18H16FN3OS/c1-23-9-8-22-17-5-3-2-4-16(17)21-18(22)24-12-13-6-7-15(19)10-14(13)11-20/h2-7,10H,8-9,12H2,1H3. The number of aromatic nitrogens is 2. The molecule has 0 aliphatic heterocycles. The Labute approximate surface area is 143 Å². The number of thioether (sulfide) groups is 1. The Morgan fingerprint density at radius 1 is 1.29 bits per heavy atom. The molecule has 1 heterocycles. The molecule has 3 aromatic rings. The second-order valence-corrected chi connectivity index (χ2v) is 6.17. The Balaban J connectivity index is 1.88. The number of methoxy groups -OCH3 is 1. The van der Waals surface area contributed by atoms with Crippen molar-refractivity contribution in [2.45, 2.75) is 17.5 Å². The van der Waals surface area contributed by atoms with Crippen LogP contribution in [0.25, 0.3) is 11.0 Å². The highest BCUT2D eigenvalue weighted by molar-refractivity contribution is 7.98. The summed E-state index contributed by atoms with van der Waals surface area (Å²) in [4.78, 5) is 4.67. The molecule has 1 aromatic heterocycles. The highest BCUT2D eigenvalue weighted by atomic mass is 32.2. The molecule has 0 fully saturated rings. The van der Waals surface area contributed by atoms with Crippen LogP contribution in [0.2, 0.25) is 0 Å². The van der Waals surface area contributed by atoms with Gasteiger partial charge >= 0.3 is 0 Å². The van der Waals surface area contributed by atoms with Crippen LogP contribution in [0.5, 0.6) is 0 Å². The van der Waals surface area contributed by atoms with Crippen molar-refractivity contribution in [3.63, 3.8) is 0 Å². The van der Waals surface area contributed by atoms with Gasteiger partial charge in [0.1, 0.15) is 5.82 Å². The molecule has 0 spiro atoms. The largest absolute Gasteiger partial charge is 0.383 e. The fraction of sp³-hybridized carbons (Fsp3) is 0.222. The Morgan fingerprint density at radius 2 is 2.12 bits per heavy atom. The minimum atomic E-state index is -0.396. The van der Waals surface area contributed by atoms with Crippen LogP contribution < -0.4 is 0 Å². The van der Waals surface area contributed by atoms with Crippen molar-refractivity contribution in [2.75, 3.05) is 13.7 Å². The summed E-state index contributed by atoms with van der Waals surface area (Å²) in [5, 5.41) is 10.0. The Morgan fingerprint density at radius 3 is 2.92 bits per heavy atom. The van der Waals surface area contributed by atoms with Crippen LogP contribution in [0.4, 0.5) is 4.39 Å². The molecule has 3 rings (SSSR count). The van der Waals surface area contributed by atoms with E-state index < -0.39 is 5.82 Å². The van der Waals surface area contributed by atoms with Crippen LogP contribution in [0.3, 0.4) is 0 Å². The monoisotopic (exact) mass is 341 g/mol. The van der Waals surface area contributed by atoms with Gasteiger partial charge in [-0.1, -0.05) is 30.0 Å². The van der Waals surface area contributed by atoms with Crippen LogP contribution in [0.15, 0.2) is 47.6 Å². The fourth-order valence-corrected chi connectivity index (χ4v) is 3.53. The van der Waals surface area contributed by atoms with E-state index >= 15 is 0 Å². The lowest BCUT2D eigenvalue weighted by Gasteiger charge is -2.09. The average Bonchev–Trinajstić information content (AvgIpc) is 2.96. The molecule has 24 heavy (non-hydrogen) atoms. The van der Waals surface area contributed by atoms with Crippen molar-refractivity contribution >= 4 is 22.8 Å². The molecule has 0 aliphatic carbocycles. The zero-order chi connectivity index (χ0) is 16.9. The number of nitrogens with zero attached hydrogens (tertiary/aromatic N) is 3. The lowest BCUT2D eigenvalue weighted by molar-refractivity contribution is 0.186. The van der Waals surface area contributed by atoms with Crippen LogP contribution in [-0.4, -0.2) is 23.3 Å². The molecule has 4 nitrogen and oxygen atoms in total. The molecule has 0 unspecified atom stereocenters. The molecule has 6 heteroatoms. The third-order valence-electron chi connectivity index (χ3n) is 3.69. The van der Waals surface area contributed by atoms with Crippen LogP contribution in [0.1, 0.15) is 11.1 Å². The molecule has 0 atom stereocenters. The van der Waals surface area contributed by atoms with E-state index in [9.17, 15) is 4.39 Å². The first kappa shape index (κ1) is 16.5. The number of hydrogen-bond donors (Lipinski definition) is 0. The van der Waals surface area contributed by atoms with Gasteiger partial charge in [0, 0.05) is 19.4 Å². The molecular formula is C18H16FN3OS. The maximum atomic E-state index is 13.3. The number of benzene rings is 2. The number of imidazole rings is 1. The van der Waals surface area contributed by atoms with Crippen LogP contribution >= 0.6 is 11.8 Å². The number of nitriles is 1. The summed E-state index contributed by atoms with van der Waals surface area (Å²) < 4.78 is 20.6. The van der Waals surface area contributed by atoms with Gasteiger partial charge in [0.2, 0.25) is 0 Å². The first-order chi connectivity index (χ1) is 11.7. The van der Waals surface area contributed by atoms with Crippen molar-refractivity contribution in [3.05, 3.63) is 59.4 Å². The molecule has 0 bridgehead atoms. The van der Waals surface area contributed by atoms with Crippen LogP contribution in [-0.2, 0) is 17.0 Å². The number of fused-ring (bicyclic) bond motifs is 1. The Kier molecular flexibility index (Phi) is 5.14. The maximum Gasteiger partial charge on any atom is 0.169 e. The number of rotatable bonds is 6. The summed E-state index contributed by atoms with van der Waals surface area (Å²) in [6, 6.07) is 14.3. The summed E-state index contributed by atoms with van der Waals surface area (Å²) in [5.41, 5.74) is 3.14. The quantitative estimate of drug-likeness (QED) is 0.636. The minimum absolute atomic E-state index is 0.363. The molecule has 0 saturated heterocycles. The highest BCUT2D eigenvalue weighted by Gasteiger charge is 2.12. The normalized spacial score (nSPS) is 10.9. The Bertz CT molecular complexity index is 901. The second kappa shape index (κ2) is 7.47. The summed E-state index contributed by atoms with van der Waals surface area (Å²) in [6.07, 6.45) is 0. The van der Waals surface area contributed by atoms with Gasteiger partial charge in [0.15, 0.2) is 5.16 Å². The predicted molar refractivity (Wildman–Crippen MR) is 92.3 cm³/mol. The van der Waals surface area contributed by atoms with Crippen molar-refractivity contribution in [2.24, 2.45) is 0 Å². The van der Waals surface area contributed by atoms with E-state index in [4.69, 9.17) is 10.00 Å². The molecule has 0 aliphatic rings. The lowest BCUT2D eigenvalue weighted by Crippen LogP contribution is -2.05. The van der Waals surface area contributed by atoms with Crippen molar-refractivity contribution in [1.29, 1.82) is 5.26 Å². The zero-order valence-electron chi connectivity index (χ0n) is 13.2. The van der Waals surface area contributed by atoms with Gasteiger partial charge in [-0.05, 0) is 29.8 Å². The summed E-state index contributed by atoms with van der Waals surface area (Å²) in [6.45, 7) is 1.29. The van der Waals surface area contributed by atoms with Crippen LogP contribution in [0, 0.1) is 17.1 Å². The smallest absolute Gasteiger partial charge is 0.169 e. The van der Waals surface area contributed by atoms with E-state index in [2.05, 4.69) is 9.55 Å². The van der Waals surface area contributed by atoms with Gasteiger partial charge in [-0.15, -0.1) is 0 Å². The third kappa shape index (κ3) is 3.42. The number of halogens is 1. The third-order valence-corrected chi connectivity index (χ3v) is 4.71. The average molecular weight is 341 g/mol. The molecular weight excluding hydrogens is 325 g/mol. The highest BCUT2D eigenvalue weighted by Crippen LogP contribution is 2.28. The van der Waals surface area contributed by atoms with Gasteiger partial charge < -0.3 is 9.30 Å². The predicted octanol–water partition coefficient (Wildman–Crippen LogP) is 3.99. The molecule has 0 N–H and O–H groups in total. The fourth-order valence-electron chi connectivity index (χ4n) is 2.48. The van der Waals surface area contributed by atoms with E-state index in [1.165, 1.54) is 23.9 Å². The van der Waals surface area contributed by atoms with E-state index in [0.717, 1.165) is 21.8 Å². The first-order valence-corrected chi connectivity index (χ1v) is 8.47. The van der Waals surface area contributed by atoms with Crippen molar-refractivity contribution < 1.29 is 9.13 Å². The number of hydrogen-bond acceptors (Lipinski definition) is 4. The van der Waals surface area contributed by atoms with Gasteiger partial charge in [-0.25, -0.2) is 9.37 Å². The van der Waals surface area contributed by atoms with Gasteiger partial charge in [0.25, 0.3) is 0 Å². The number of ether oxygens (including phenoxy) is 1. The zero-order valence-corrected chi connectivity index (χ0v) is 14.0. The molecule has 0 radical (unpaired) electrons. The van der Waals surface area contributed by atoms with Gasteiger partial charge in [-0.2, -0.15) is 5.26 Å². The molecule has 0 saturated carbocycles. The van der Waals surface area contributed by atoms with Gasteiger partial charge in [0.05, 0.1) is 29.3 Å². The topological polar surface area (TPSA) is 50.8 Å². The minimum Gasteiger partial charge on any atom is -0.383 e. The number of para-hydroxylation sites is 2. The van der Waals surface area contributed by atoms with E-state index in [-0.39, 0.29) is 0 Å². The first-order valence-electron chi connectivity index (χ1n) is 7.48. The SMILES string of the molecule is COCCn1c(SCc2ccc(F)cc2C#N)nc2ccccc21. The Hall–Kier alpha value is -2.36.